The minimum atomic E-state index is -0.688. The molecule has 0 radical (unpaired) electrons. The van der Waals surface area contributed by atoms with Crippen LogP contribution in [0, 0.1) is 11.3 Å². The molecule has 2 rings (SSSR count). The summed E-state index contributed by atoms with van der Waals surface area (Å²) in [5.41, 5.74) is 3.90. The number of carboxylic acid groups (broad SMARTS) is 1. The quantitative estimate of drug-likeness (QED) is 0.276. The number of allylic oxidation sites excluding steroid dienone is 2. The molecule has 2 atom stereocenters. The maximum atomic E-state index is 11.2. The van der Waals surface area contributed by atoms with E-state index in [1.165, 1.54) is 0 Å². The third-order valence-electron chi connectivity index (χ3n) is 6.98. The van der Waals surface area contributed by atoms with Crippen molar-refractivity contribution in [2.75, 3.05) is 18.5 Å². The summed E-state index contributed by atoms with van der Waals surface area (Å²) >= 11 is 0. The van der Waals surface area contributed by atoms with E-state index in [9.17, 15) is 9.90 Å². The molecule has 2 unspecified atom stereocenters. The summed E-state index contributed by atoms with van der Waals surface area (Å²) in [6, 6.07) is 4.10. The maximum absolute atomic E-state index is 11.2. The fraction of sp³-hybridized carbons (Fsp3) is 0.552. The van der Waals surface area contributed by atoms with E-state index in [-0.39, 0.29) is 17.8 Å². The Morgan fingerprint density at radius 2 is 2.03 bits per heavy atom. The van der Waals surface area contributed by atoms with Gasteiger partial charge in [0.25, 0.3) is 0 Å². The maximum Gasteiger partial charge on any atom is 0.303 e. The molecular formula is C29H44N4O2. The zero-order valence-electron chi connectivity index (χ0n) is 22.5. The highest BCUT2D eigenvalue weighted by Gasteiger charge is 2.25. The van der Waals surface area contributed by atoms with Gasteiger partial charge in [0.2, 0.25) is 0 Å². The van der Waals surface area contributed by atoms with Crippen LogP contribution in [0.2, 0.25) is 0 Å². The third-order valence-corrected chi connectivity index (χ3v) is 6.98. The molecule has 2 N–H and O–H groups in total. The van der Waals surface area contributed by atoms with E-state index in [0.717, 1.165) is 79.2 Å². The van der Waals surface area contributed by atoms with Gasteiger partial charge in [0.15, 0.2) is 0 Å². The van der Waals surface area contributed by atoms with Gasteiger partial charge in [-0.2, -0.15) is 0 Å². The lowest BCUT2D eigenvalue weighted by Gasteiger charge is -2.33. The molecule has 0 amide bonds. The second kappa shape index (κ2) is 13.3. The summed E-state index contributed by atoms with van der Waals surface area (Å²) in [5.74, 6) is 1.30. The van der Waals surface area contributed by atoms with Crippen LogP contribution in [-0.2, 0) is 4.79 Å². The van der Waals surface area contributed by atoms with Gasteiger partial charge in [-0.05, 0) is 74.6 Å². The van der Waals surface area contributed by atoms with Crippen LogP contribution >= 0.6 is 0 Å². The second-order valence-electron chi connectivity index (χ2n) is 10.2. The van der Waals surface area contributed by atoms with E-state index in [1.807, 2.05) is 38.3 Å². The molecule has 6 nitrogen and oxygen atoms in total. The smallest absolute Gasteiger partial charge is 0.303 e. The first kappa shape index (κ1) is 28.3. The lowest BCUT2D eigenvalue weighted by molar-refractivity contribution is -0.138. The molecule has 2 aromatic heterocycles. The van der Waals surface area contributed by atoms with E-state index in [1.54, 1.807) is 0 Å². The largest absolute Gasteiger partial charge is 0.481 e. The Morgan fingerprint density at radius 3 is 2.57 bits per heavy atom. The predicted molar refractivity (Wildman–Crippen MR) is 147 cm³/mol. The zero-order chi connectivity index (χ0) is 26.0. The summed E-state index contributed by atoms with van der Waals surface area (Å²) in [5, 5.41) is 9.18. The molecule has 35 heavy (non-hydrogen) atoms. The molecule has 0 aromatic carbocycles. The van der Waals surface area contributed by atoms with Crippen LogP contribution < -0.4 is 4.90 Å². The Kier molecular flexibility index (Phi) is 10.7. The Bertz CT molecular complexity index is 993. The molecular weight excluding hydrogens is 436 g/mol. The Hall–Kier alpha value is -2.89. The molecule has 0 aliphatic heterocycles. The van der Waals surface area contributed by atoms with E-state index in [0.29, 0.717) is 0 Å². The van der Waals surface area contributed by atoms with Crippen LogP contribution in [0.3, 0.4) is 0 Å². The van der Waals surface area contributed by atoms with E-state index in [2.05, 4.69) is 50.3 Å². The molecule has 0 bridgehead atoms. The van der Waals surface area contributed by atoms with Crippen molar-refractivity contribution in [3.63, 3.8) is 0 Å². The summed E-state index contributed by atoms with van der Waals surface area (Å²) in [6.07, 6.45) is 12.4. The van der Waals surface area contributed by atoms with Crippen LogP contribution in [-0.4, -0.2) is 39.6 Å². The van der Waals surface area contributed by atoms with E-state index >= 15 is 0 Å². The number of hydrogen-bond donors (Lipinski definition) is 2. The summed E-state index contributed by atoms with van der Waals surface area (Å²) < 4.78 is 0. The van der Waals surface area contributed by atoms with Gasteiger partial charge < -0.3 is 15.0 Å². The fourth-order valence-corrected chi connectivity index (χ4v) is 4.67. The van der Waals surface area contributed by atoms with Crippen molar-refractivity contribution in [3.8, 4) is 11.4 Å². The van der Waals surface area contributed by atoms with E-state index < -0.39 is 5.97 Å². The Labute approximate surface area is 211 Å². The van der Waals surface area contributed by atoms with Crippen molar-refractivity contribution in [2.45, 2.75) is 79.6 Å². The fourth-order valence-electron chi connectivity index (χ4n) is 4.67. The lowest BCUT2D eigenvalue weighted by atomic mass is 9.76. The molecule has 192 valence electrons. The number of aliphatic carboxylic acids is 1. The Morgan fingerprint density at radius 1 is 1.29 bits per heavy atom. The number of pyridine rings is 1. The molecule has 0 aliphatic carbocycles. The van der Waals surface area contributed by atoms with Gasteiger partial charge in [0.1, 0.15) is 11.6 Å². The highest BCUT2D eigenvalue weighted by Crippen LogP contribution is 2.36. The number of carboxylic acids is 1. The average molecular weight is 481 g/mol. The topological polar surface area (TPSA) is 82.1 Å². The first-order valence-electron chi connectivity index (χ1n) is 12.9. The van der Waals surface area contributed by atoms with Crippen molar-refractivity contribution < 1.29 is 9.90 Å². The first-order chi connectivity index (χ1) is 16.6. The van der Waals surface area contributed by atoms with Gasteiger partial charge in [0, 0.05) is 31.8 Å². The van der Waals surface area contributed by atoms with Crippen molar-refractivity contribution in [1.82, 2.24) is 15.0 Å². The van der Waals surface area contributed by atoms with Crippen molar-refractivity contribution in [2.24, 2.45) is 11.3 Å². The van der Waals surface area contributed by atoms with Crippen LogP contribution in [0.5, 0.6) is 0 Å². The van der Waals surface area contributed by atoms with Gasteiger partial charge in [-0.25, -0.2) is 9.97 Å². The van der Waals surface area contributed by atoms with Crippen molar-refractivity contribution in [1.29, 1.82) is 0 Å². The number of anilines is 1. The first-order valence-corrected chi connectivity index (χ1v) is 12.9. The molecule has 6 heteroatoms. The molecule has 0 saturated heterocycles. The highest BCUT2D eigenvalue weighted by molar-refractivity contribution is 5.71. The number of rotatable bonds is 15. The van der Waals surface area contributed by atoms with Crippen LogP contribution in [0.25, 0.3) is 23.0 Å². The van der Waals surface area contributed by atoms with Crippen LogP contribution in [0.4, 0.5) is 5.82 Å². The van der Waals surface area contributed by atoms with Gasteiger partial charge >= 0.3 is 5.97 Å². The van der Waals surface area contributed by atoms with Gasteiger partial charge in [-0.3, -0.25) is 4.79 Å². The van der Waals surface area contributed by atoms with Crippen LogP contribution in [0.1, 0.15) is 91.0 Å². The summed E-state index contributed by atoms with van der Waals surface area (Å²) in [6.45, 7) is 15.6. The highest BCUT2D eigenvalue weighted by atomic mass is 16.4. The van der Waals surface area contributed by atoms with Gasteiger partial charge in [0.05, 0.1) is 11.4 Å². The molecule has 0 saturated carbocycles. The molecule has 2 aromatic rings. The number of nitrogens with one attached hydrogen (secondary N) is 1. The molecule has 0 aliphatic rings. The number of carbonyl (C=O) groups is 1. The van der Waals surface area contributed by atoms with Crippen LogP contribution in [0.15, 0.2) is 31.0 Å². The number of aromatic nitrogens is 3. The SMILES string of the molecule is C=C(C)c1nc(-c2ccc(N(C)CCC(C)(CCC)CCC(CC)CC(=O)O)nc2)[nH]c1/C=C/C. The standard InChI is InChI=1S/C29H44N4O2/c1-8-11-24-27(21(4)5)32-28(31-24)23-12-13-25(30-20-23)33(7)18-17-29(6,15-9-2)16-14-22(10-3)19-26(34)35/h8,11-13,20,22H,4,9-10,14-19H2,1-3,5-7H3,(H,31,32)(H,34,35)/b11-8+. The molecule has 0 fully saturated rings. The number of aromatic amines is 1. The minimum Gasteiger partial charge on any atom is -0.481 e. The number of nitrogens with zero attached hydrogens (tertiary/aromatic N) is 3. The third kappa shape index (κ3) is 8.37. The van der Waals surface area contributed by atoms with Gasteiger partial charge in [-0.15, -0.1) is 0 Å². The number of H-pyrrole nitrogens is 1. The summed E-state index contributed by atoms with van der Waals surface area (Å²) in [7, 11) is 2.09. The lowest BCUT2D eigenvalue weighted by Crippen LogP contribution is -2.27. The average Bonchev–Trinajstić information content (AvgIpc) is 3.25. The Balaban J connectivity index is 2.05. The number of imidazole rings is 1. The zero-order valence-corrected chi connectivity index (χ0v) is 22.5. The normalized spacial score (nSPS) is 14.1. The minimum absolute atomic E-state index is 0.200. The van der Waals surface area contributed by atoms with Crippen molar-refractivity contribution in [3.05, 3.63) is 42.4 Å². The summed E-state index contributed by atoms with van der Waals surface area (Å²) in [4.78, 5) is 26.2. The van der Waals surface area contributed by atoms with Gasteiger partial charge in [-0.1, -0.05) is 46.3 Å². The molecule has 0 spiro atoms. The van der Waals surface area contributed by atoms with E-state index in [4.69, 9.17) is 9.97 Å². The number of hydrogen-bond acceptors (Lipinski definition) is 4. The second-order valence-corrected chi connectivity index (χ2v) is 10.2. The monoisotopic (exact) mass is 480 g/mol. The predicted octanol–water partition coefficient (Wildman–Crippen LogP) is 7.45. The van der Waals surface area contributed by atoms with Crippen molar-refractivity contribution >= 4 is 23.4 Å². The molecule has 2 heterocycles.